The first-order valence-electron chi connectivity index (χ1n) is 8.00. The summed E-state index contributed by atoms with van der Waals surface area (Å²) >= 11 is 8.81. The first kappa shape index (κ1) is 18.2. The number of amides is 2. The molecule has 9 heteroatoms. The Balaban J connectivity index is 1.53. The van der Waals surface area contributed by atoms with Crippen molar-refractivity contribution in [2.24, 2.45) is 0 Å². The van der Waals surface area contributed by atoms with Gasteiger partial charge in [0.25, 0.3) is 5.91 Å². The number of aromatic nitrogens is 1. The Hall–Kier alpha value is -1.64. The second kappa shape index (κ2) is 8.16. The van der Waals surface area contributed by atoms with Crippen molar-refractivity contribution in [3.05, 3.63) is 27.5 Å². The molecule has 2 amide bonds. The predicted octanol–water partition coefficient (Wildman–Crippen LogP) is 3.88. The number of piperidine rings is 1. The smallest absolute Gasteiger partial charge is 0.409 e. The maximum atomic E-state index is 12.4. The van der Waals surface area contributed by atoms with Crippen molar-refractivity contribution in [1.82, 2.24) is 15.2 Å². The molecule has 0 spiro atoms. The van der Waals surface area contributed by atoms with Gasteiger partial charge in [0.05, 0.1) is 15.8 Å². The minimum atomic E-state index is -0.286. The Morgan fingerprint density at radius 1 is 1.40 bits per heavy atom. The average molecular weight is 400 g/mol. The Kier molecular flexibility index (Phi) is 5.93. The highest BCUT2D eigenvalue weighted by Gasteiger charge is 2.25. The van der Waals surface area contributed by atoms with E-state index < -0.39 is 0 Å². The molecule has 0 radical (unpaired) electrons. The Bertz CT molecular complexity index is 753. The lowest BCUT2D eigenvalue weighted by Gasteiger charge is -2.31. The van der Waals surface area contributed by atoms with Crippen LogP contribution in [0.3, 0.4) is 0 Å². The van der Waals surface area contributed by atoms with Crippen molar-refractivity contribution in [2.75, 3.05) is 19.7 Å². The topological polar surface area (TPSA) is 71.5 Å². The molecule has 25 heavy (non-hydrogen) atoms. The van der Waals surface area contributed by atoms with Gasteiger partial charge in [0, 0.05) is 24.5 Å². The van der Waals surface area contributed by atoms with Gasteiger partial charge in [0.15, 0.2) is 0 Å². The third-order valence-corrected chi connectivity index (χ3v) is 6.12. The molecule has 1 aliphatic rings. The van der Waals surface area contributed by atoms with Crippen molar-refractivity contribution in [3.63, 3.8) is 0 Å². The fourth-order valence-electron chi connectivity index (χ4n) is 2.60. The molecule has 0 saturated carbocycles. The second-order valence-corrected chi connectivity index (χ2v) is 8.15. The highest BCUT2D eigenvalue weighted by Crippen LogP contribution is 2.32. The molecule has 0 atom stereocenters. The molecule has 0 aromatic carbocycles. The minimum absolute atomic E-state index is 0.0412. The average Bonchev–Trinajstić information content (AvgIpc) is 3.24. The number of hydrogen-bond acceptors (Lipinski definition) is 6. The summed E-state index contributed by atoms with van der Waals surface area (Å²) in [5, 5.41) is 5.55. The summed E-state index contributed by atoms with van der Waals surface area (Å²) in [5.74, 6) is -0.181. The van der Waals surface area contributed by atoms with E-state index in [-0.39, 0.29) is 18.0 Å². The van der Waals surface area contributed by atoms with Crippen molar-refractivity contribution >= 4 is 46.3 Å². The first-order chi connectivity index (χ1) is 12.1. The summed E-state index contributed by atoms with van der Waals surface area (Å²) in [6, 6.07) is 3.76. The van der Waals surface area contributed by atoms with Crippen LogP contribution in [0.5, 0.6) is 0 Å². The van der Waals surface area contributed by atoms with E-state index in [4.69, 9.17) is 16.3 Å². The lowest BCUT2D eigenvalue weighted by atomic mass is 10.1. The fourth-order valence-corrected chi connectivity index (χ4v) is 4.52. The van der Waals surface area contributed by atoms with Crippen LogP contribution in [0.1, 0.15) is 30.3 Å². The number of thiazole rings is 1. The molecule has 1 saturated heterocycles. The van der Waals surface area contributed by atoms with Gasteiger partial charge in [-0.3, -0.25) is 4.79 Å². The number of rotatable bonds is 4. The quantitative estimate of drug-likeness (QED) is 0.846. The molecule has 0 bridgehead atoms. The standard InChI is InChI=1S/C16H18ClN3O3S2/c1-2-23-16(22)20-7-5-10(6-8-20)18-14(21)11-9-24-15(19-11)12-3-4-13(17)25-12/h3-4,9-10H,2,5-8H2,1H3,(H,18,21). The molecule has 1 N–H and O–H groups in total. The van der Waals surface area contributed by atoms with E-state index in [9.17, 15) is 9.59 Å². The van der Waals surface area contributed by atoms with E-state index in [1.165, 1.54) is 22.7 Å². The Morgan fingerprint density at radius 3 is 2.80 bits per heavy atom. The number of halogens is 1. The minimum Gasteiger partial charge on any atom is -0.450 e. The number of likely N-dealkylation sites (tertiary alicyclic amines) is 1. The number of nitrogens with zero attached hydrogens (tertiary/aromatic N) is 2. The maximum absolute atomic E-state index is 12.4. The summed E-state index contributed by atoms with van der Waals surface area (Å²) < 4.78 is 5.69. The highest BCUT2D eigenvalue weighted by atomic mass is 35.5. The summed E-state index contributed by atoms with van der Waals surface area (Å²) in [5.41, 5.74) is 0.414. The van der Waals surface area contributed by atoms with E-state index in [1.807, 2.05) is 12.1 Å². The van der Waals surface area contributed by atoms with Gasteiger partial charge in [-0.15, -0.1) is 22.7 Å². The molecule has 0 aliphatic carbocycles. The van der Waals surface area contributed by atoms with Crippen molar-refractivity contribution in [3.8, 4) is 9.88 Å². The van der Waals surface area contributed by atoms with Gasteiger partial charge in [0.1, 0.15) is 10.7 Å². The highest BCUT2D eigenvalue weighted by molar-refractivity contribution is 7.23. The van der Waals surface area contributed by atoms with Crippen molar-refractivity contribution in [1.29, 1.82) is 0 Å². The number of ether oxygens (including phenoxy) is 1. The molecular formula is C16H18ClN3O3S2. The second-order valence-electron chi connectivity index (χ2n) is 5.58. The van der Waals surface area contributed by atoms with E-state index in [0.29, 0.717) is 42.6 Å². The lowest BCUT2D eigenvalue weighted by molar-refractivity contribution is 0.0857. The molecule has 1 fully saturated rings. The molecule has 0 unspecified atom stereocenters. The normalized spacial score (nSPS) is 15.2. The zero-order valence-corrected chi connectivity index (χ0v) is 16.0. The van der Waals surface area contributed by atoms with Crippen LogP contribution in [-0.4, -0.2) is 47.6 Å². The van der Waals surface area contributed by atoms with Gasteiger partial charge < -0.3 is 15.0 Å². The molecular weight excluding hydrogens is 382 g/mol. The van der Waals surface area contributed by atoms with Crippen molar-refractivity contribution in [2.45, 2.75) is 25.8 Å². The van der Waals surface area contributed by atoms with Crippen molar-refractivity contribution < 1.29 is 14.3 Å². The molecule has 3 rings (SSSR count). The summed E-state index contributed by atoms with van der Waals surface area (Å²) in [6.07, 6.45) is 1.13. The largest absolute Gasteiger partial charge is 0.450 e. The first-order valence-corrected chi connectivity index (χ1v) is 10.1. The van der Waals surface area contributed by atoms with Crippen LogP contribution < -0.4 is 5.32 Å². The van der Waals surface area contributed by atoms with Crippen LogP contribution in [-0.2, 0) is 4.74 Å². The van der Waals surface area contributed by atoms with Gasteiger partial charge in [-0.2, -0.15) is 0 Å². The Morgan fingerprint density at radius 2 is 2.16 bits per heavy atom. The van der Waals surface area contributed by atoms with Gasteiger partial charge in [-0.1, -0.05) is 11.6 Å². The van der Waals surface area contributed by atoms with Crippen LogP contribution in [0.4, 0.5) is 4.79 Å². The summed E-state index contributed by atoms with van der Waals surface area (Å²) in [6.45, 7) is 3.33. The van der Waals surface area contributed by atoms with E-state index in [0.717, 1.165) is 9.88 Å². The molecule has 1 aliphatic heterocycles. The summed E-state index contributed by atoms with van der Waals surface area (Å²) in [4.78, 5) is 31.1. The SMILES string of the molecule is CCOC(=O)N1CCC(NC(=O)c2csc(-c3ccc(Cl)s3)n2)CC1. The van der Waals surface area contributed by atoms with Crippen LogP contribution >= 0.6 is 34.3 Å². The molecule has 134 valence electrons. The Labute approximate surface area is 158 Å². The zero-order valence-electron chi connectivity index (χ0n) is 13.7. The van der Waals surface area contributed by atoms with E-state index >= 15 is 0 Å². The molecule has 3 heterocycles. The zero-order chi connectivity index (χ0) is 17.8. The third-order valence-electron chi connectivity index (χ3n) is 3.88. The van der Waals surface area contributed by atoms with Gasteiger partial charge in [-0.25, -0.2) is 9.78 Å². The van der Waals surface area contributed by atoms with E-state index in [2.05, 4.69) is 10.3 Å². The van der Waals surface area contributed by atoms with Crippen LogP contribution in [0.15, 0.2) is 17.5 Å². The predicted molar refractivity (Wildman–Crippen MR) is 99.5 cm³/mol. The summed E-state index contributed by atoms with van der Waals surface area (Å²) in [7, 11) is 0. The molecule has 6 nitrogen and oxygen atoms in total. The van der Waals surface area contributed by atoms with Crippen LogP contribution in [0, 0.1) is 0 Å². The van der Waals surface area contributed by atoms with Gasteiger partial charge in [0.2, 0.25) is 0 Å². The van der Waals surface area contributed by atoms with Gasteiger partial charge in [-0.05, 0) is 31.9 Å². The number of carbonyl (C=O) groups excluding carboxylic acids is 2. The number of hydrogen-bond donors (Lipinski definition) is 1. The molecule has 2 aromatic heterocycles. The maximum Gasteiger partial charge on any atom is 0.409 e. The molecule has 2 aromatic rings. The number of nitrogens with one attached hydrogen (secondary N) is 1. The van der Waals surface area contributed by atoms with E-state index in [1.54, 1.807) is 17.2 Å². The van der Waals surface area contributed by atoms with Crippen LogP contribution in [0.25, 0.3) is 9.88 Å². The van der Waals surface area contributed by atoms with Gasteiger partial charge >= 0.3 is 6.09 Å². The monoisotopic (exact) mass is 399 g/mol. The number of thiophene rings is 1. The third kappa shape index (κ3) is 4.50. The van der Waals surface area contributed by atoms with Crippen LogP contribution in [0.2, 0.25) is 4.34 Å². The number of carbonyl (C=O) groups is 2. The fraction of sp³-hybridized carbons (Fsp3) is 0.438. The lowest BCUT2D eigenvalue weighted by Crippen LogP contribution is -2.46.